The lowest BCUT2D eigenvalue weighted by molar-refractivity contribution is 0.0943. The quantitative estimate of drug-likeness (QED) is 0.706. The highest BCUT2D eigenvalue weighted by Gasteiger charge is 2.11. The van der Waals surface area contributed by atoms with Gasteiger partial charge in [0.1, 0.15) is 0 Å². The van der Waals surface area contributed by atoms with E-state index in [1.165, 1.54) is 13.2 Å². The molecule has 0 saturated heterocycles. The van der Waals surface area contributed by atoms with Gasteiger partial charge in [0, 0.05) is 6.54 Å². The highest BCUT2D eigenvalue weighted by atomic mass is 16.6. The molecule has 0 fully saturated rings. The van der Waals surface area contributed by atoms with E-state index in [-0.39, 0.29) is 17.5 Å². The van der Waals surface area contributed by atoms with E-state index in [2.05, 4.69) is 29.3 Å². The summed E-state index contributed by atoms with van der Waals surface area (Å²) in [6.45, 7) is 4.86. The maximum absolute atomic E-state index is 11.6. The summed E-state index contributed by atoms with van der Waals surface area (Å²) < 4.78 is 9.58. The van der Waals surface area contributed by atoms with E-state index in [1.54, 1.807) is 0 Å². The average Bonchev–Trinajstić information content (AvgIpc) is 2.86. The third kappa shape index (κ3) is 4.75. The lowest BCUT2D eigenvalue weighted by atomic mass is 10.3. The molecule has 6 heteroatoms. The fourth-order valence-electron chi connectivity index (χ4n) is 1.42. The monoisotopic (exact) mass is 255 g/mol. The van der Waals surface area contributed by atoms with Crippen molar-refractivity contribution in [1.82, 2.24) is 15.4 Å². The first-order valence-electron chi connectivity index (χ1n) is 6.14. The molecule has 0 bridgehead atoms. The zero-order valence-corrected chi connectivity index (χ0v) is 11.2. The van der Waals surface area contributed by atoms with Gasteiger partial charge in [-0.1, -0.05) is 12.1 Å². The standard InChI is InChI=1S/C12H21N3O3/c1-4-15(2)8-6-5-7-13-12(16)10-9-11(17-3)18-14-10/h9H,4-8H2,1-3H3,(H,13,16). The van der Waals surface area contributed by atoms with Crippen LogP contribution in [-0.4, -0.2) is 49.8 Å². The van der Waals surface area contributed by atoms with Crippen LogP contribution in [0.25, 0.3) is 0 Å². The van der Waals surface area contributed by atoms with Crippen molar-refractivity contribution in [2.24, 2.45) is 0 Å². The molecule has 0 unspecified atom stereocenters. The summed E-state index contributed by atoms with van der Waals surface area (Å²) in [4.78, 5) is 13.9. The lowest BCUT2D eigenvalue weighted by Gasteiger charge is -2.12. The highest BCUT2D eigenvalue weighted by molar-refractivity contribution is 5.92. The number of unbranched alkanes of at least 4 members (excludes halogenated alkanes) is 1. The van der Waals surface area contributed by atoms with Crippen LogP contribution in [0, 0.1) is 0 Å². The van der Waals surface area contributed by atoms with Crippen LogP contribution in [0.3, 0.4) is 0 Å². The van der Waals surface area contributed by atoms with E-state index >= 15 is 0 Å². The van der Waals surface area contributed by atoms with Crippen LogP contribution in [-0.2, 0) is 0 Å². The third-order valence-electron chi connectivity index (χ3n) is 2.71. The summed E-state index contributed by atoms with van der Waals surface area (Å²) in [5.41, 5.74) is 0.248. The van der Waals surface area contributed by atoms with Gasteiger partial charge in [-0.25, -0.2) is 0 Å². The minimum atomic E-state index is -0.231. The number of hydrogen-bond acceptors (Lipinski definition) is 5. The molecule has 0 atom stereocenters. The van der Waals surface area contributed by atoms with E-state index in [9.17, 15) is 4.79 Å². The number of rotatable bonds is 8. The Labute approximate surface area is 107 Å². The summed E-state index contributed by atoms with van der Waals surface area (Å²) in [5.74, 6) is 0.00983. The number of aromatic nitrogens is 1. The minimum Gasteiger partial charge on any atom is -0.467 e. The lowest BCUT2D eigenvalue weighted by Crippen LogP contribution is -2.26. The molecule has 0 radical (unpaired) electrons. The molecule has 0 spiro atoms. The van der Waals surface area contributed by atoms with E-state index < -0.39 is 0 Å². The van der Waals surface area contributed by atoms with Crippen LogP contribution in [0.4, 0.5) is 0 Å². The fourth-order valence-corrected chi connectivity index (χ4v) is 1.42. The molecule has 6 nitrogen and oxygen atoms in total. The predicted molar refractivity (Wildman–Crippen MR) is 67.8 cm³/mol. The SMILES string of the molecule is CCN(C)CCCCNC(=O)c1cc(OC)on1. The van der Waals surface area contributed by atoms with Crippen molar-refractivity contribution in [1.29, 1.82) is 0 Å². The Morgan fingerprint density at radius 1 is 1.56 bits per heavy atom. The molecule has 1 aromatic heterocycles. The summed E-state index contributed by atoms with van der Waals surface area (Å²) in [6, 6.07) is 1.47. The normalized spacial score (nSPS) is 10.7. The number of carbonyl (C=O) groups excluding carboxylic acids is 1. The Morgan fingerprint density at radius 3 is 2.94 bits per heavy atom. The molecular formula is C12H21N3O3. The molecule has 0 aliphatic heterocycles. The zero-order chi connectivity index (χ0) is 13.4. The van der Waals surface area contributed by atoms with Gasteiger partial charge in [-0.3, -0.25) is 4.79 Å². The number of nitrogens with zero attached hydrogens (tertiary/aromatic N) is 2. The van der Waals surface area contributed by atoms with Crippen molar-refractivity contribution in [3.8, 4) is 5.95 Å². The molecule has 0 aromatic carbocycles. The van der Waals surface area contributed by atoms with Crippen molar-refractivity contribution < 1.29 is 14.1 Å². The maximum Gasteiger partial charge on any atom is 0.311 e. The number of ether oxygens (including phenoxy) is 1. The van der Waals surface area contributed by atoms with Gasteiger partial charge in [-0.2, -0.15) is 0 Å². The Balaban J connectivity index is 2.17. The number of carbonyl (C=O) groups is 1. The van der Waals surface area contributed by atoms with Gasteiger partial charge in [0.15, 0.2) is 5.69 Å². The van der Waals surface area contributed by atoms with Crippen molar-refractivity contribution in [3.05, 3.63) is 11.8 Å². The Kier molecular flexibility index (Phi) is 6.21. The van der Waals surface area contributed by atoms with Gasteiger partial charge in [0.2, 0.25) is 0 Å². The number of nitrogens with one attached hydrogen (secondary N) is 1. The van der Waals surface area contributed by atoms with Gasteiger partial charge in [0.25, 0.3) is 5.91 Å². The van der Waals surface area contributed by atoms with Gasteiger partial charge in [0.05, 0.1) is 13.2 Å². The Hall–Kier alpha value is -1.56. The number of amides is 1. The Morgan fingerprint density at radius 2 is 2.33 bits per heavy atom. The maximum atomic E-state index is 11.6. The summed E-state index contributed by atoms with van der Waals surface area (Å²) in [5, 5.41) is 6.40. The molecule has 1 N–H and O–H groups in total. The summed E-state index contributed by atoms with van der Waals surface area (Å²) >= 11 is 0. The van der Waals surface area contributed by atoms with Crippen LogP contribution in [0.5, 0.6) is 5.95 Å². The average molecular weight is 255 g/mol. The van der Waals surface area contributed by atoms with Crippen LogP contribution < -0.4 is 10.1 Å². The van der Waals surface area contributed by atoms with Gasteiger partial charge >= 0.3 is 5.95 Å². The molecule has 0 aliphatic carbocycles. The molecule has 102 valence electrons. The highest BCUT2D eigenvalue weighted by Crippen LogP contribution is 2.10. The molecule has 1 heterocycles. The first-order chi connectivity index (χ1) is 8.67. The van der Waals surface area contributed by atoms with Crippen molar-refractivity contribution in [2.45, 2.75) is 19.8 Å². The van der Waals surface area contributed by atoms with E-state index in [1.807, 2.05) is 0 Å². The van der Waals surface area contributed by atoms with Crippen LogP contribution in [0.1, 0.15) is 30.3 Å². The topological polar surface area (TPSA) is 67.6 Å². The van der Waals surface area contributed by atoms with E-state index in [0.29, 0.717) is 6.54 Å². The third-order valence-corrected chi connectivity index (χ3v) is 2.71. The number of methoxy groups -OCH3 is 1. The van der Waals surface area contributed by atoms with Crippen LogP contribution in [0.2, 0.25) is 0 Å². The number of hydrogen-bond donors (Lipinski definition) is 1. The smallest absolute Gasteiger partial charge is 0.311 e. The molecule has 1 amide bonds. The molecule has 0 saturated carbocycles. The first-order valence-corrected chi connectivity index (χ1v) is 6.14. The van der Waals surface area contributed by atoms with Crippen LogP contribution in [0.15, 0.2) is 10.6 Å². The molecule has 0 aliphatic rings. The predicted octanol–water partition coefficient (Wildman–Crippen LogP) is 1.14. The fraction of sp³-hybridized carbons (Fsp3) is 0.667. The van der Waals surface area contributed by atoms with Gasteiger partial charge < -0.3 is 19.5 Å². The largest absolute Gasteiger partial charge is 0.467 e. The second-order valence-corrected chi connectivity index (χ2v) is 4.09. The van der Waals surface area contributed by atoms with Crippen LogP contribution >= 0.6 is 0 Å². The van der Waals surface area contributed by atoms with Gasteiger partial charge in [-0.05, 0) is 33.0 Å². The van der Waals surface area contributed by atoms with Crippen molar-refractivity contribution in [2.75, 3.05) is 33.8 Å². The molecule has 18 heavy (non-hydrogen) atoms. The van der Waals surface area contributed by atoms with Gasteiger partial charge in [-0.15, -0.1) is 0 Å². The van der Waals surface area contributed by atoms with E-state index in [0.717, 1.165) is 25.9 Å². The van der Waals surface area contributed by atoms with Crippen molar-refractivity contribution in [3.63, 3.8) is 0 Å². The molecule has 1 rings (SSSR count). The first kappa shape index (κ1) is 14.5. The Bertz CT molecular complexity index is 365. The second kappa shape index (κ2) is 7.71. The molecular weight excluding hydrogens is 234 g/mol. The zero-order valence-electron chi connectivity index (χ0n) is 11.2. The summed E-state index contributed by atoms with van der Waals surface area (Å²) in [7, 11) is 3.55. The van der Waals surface area contributed by atoms with Crippen molar-refractivity contribution >= 4 is 5.91 Å². The second-order valence-electron chi connectivity index (χ2n) is 4.09. The summed E-state index contributed by atoms with van der Waals surface area (Å²) in [6.07, 6.45) is 2.01. The molecule has 1 aromatic rings. The minimum absolute atomic E-state index is 0.231. The van der Waals surface area contributed by atoms with E-state index in [4.69, 9.17) is 9.26 Å².